The van der Waals surface area contributed by atoms with Crippen LogP contribution in [-0.4, -0.2) is 5.11 Å². The van der Waals surface area contributed by atoms with Gasteiger partial charge in [0.2, 0.25) is 0 Å². The number of hydrogen-bond acceptors (Lipinski definition) is 1. The number of rotatable bonds is 1. The molecule has 2 heteroatoms. The van der Waals surface area contributed by atoms with Crippen LogP contribution in [-0.2, 0) is 5.60 Å². The largest absolute Gasteiger partial charge is 0.385 e. The molecule has 0 radical (unpaired) electrons. The van der Waals surface area contributed by atoms with Crippen molar-refractivity contribution >= 4 is 15.9 Å². The van der Waals surface area contributed by atoms with Gasteiger partial charge in [0.05, 0.1) is 5.60 Å². The predicted octanol–water partition coefficient (Wildman–Crippen LogP) is 2.74. The zero-order valence-corrected chi connectivity index (χ0v) is 8.56. The van der Waals surface area contributed by atoms with Gasteiger partial charge in [-0.05, 0) is 43.0 Å². The highest BCUT2D eigenvalue weighted by molar-refractivity contribution is 9.10. The summed E-state index contributed by atoms with van der Waals surface area (Å²) in [5.74, 6) is 0. The molecule has 0 atom stereocenters. The summed E-state index contributed by atoms with van der Waals surface area (Å²) in [7, 11) is 0. The molecule has 0 aromatic heterocycles. The first kappa shape index (κ1) is 8.27. The maximum atomic E-state index is 9.86. The van der Waals surface area contributed by atoms with Crippen LogP contribution in [0.5, 0.6) is 0 Å². The molecule has 1 aromatic rings. The number of hydrogen-bond donors (Lipinski definition) is 1. The first-order chi connectivity index (χ1) is 5.62. The molecule has 1 saturated carbocycles. The molecule has 1 aliphatic rings. The van der Waals surface area contributed by atoms with Crippen LogP contribution in [0.15, 0.2) is 22.7 Å². The van der Waals surface area contributed by atoms with E-state index < -0.39 is 5.60 Å². The standard InChI is InChI=1S/C10H11BrO/c1-7-6-8(11)2-3-9(7)10(12)4-5-10/h2-3,6,12H,4-5H2,1H3. The molecule has 0 unspecified atom stereocenters. The van der Waals surface area contributed by atoms with Gasteiger partial charge in [-0.15, -0.1) is 0 Å². The van der Waals surface area contributed by atoms with Crippen LogP contribution >= 0.6 is 15.9 Å². The van der Waals surface area contributed by atoms with Gasteiger partial charge in [-0.25, -0.2) is 0 Å². The van der Waals surface area contributed by atoms with E-state index in [1.54, 1.807) is 0 Å². The Kier molecular flexibility index (Phi) is 1.77. The fourth-order valence-corrected chi connectivity index (χ4v) is 2.01. The first-order valence-electron chi connectivity index (χ1n) is 4.11. The van der Waals surface area contributed by atoms with E-state index >= 15 is 0 Å². The molecule has 1 nitrogen and oxygen atoms in total. The fraction of sp³-hybridized carbons (Fsp3) is 0.400. The second-order valence-corrected chi connectivity index (χ2v) is 4.41. The van der Waals surface area contributed by atoms with Crippen molar-refractivity contribution in [1.29, 1.82) is 0 Å². The van der Waals surface area contributed by atoms with E-state index in [1.807, 2.05) is 25.1 Å². The Labute approximate surface area is 80.5 Å². The highest BCUT2D eigenvalue weighted by Crippen LogP contribution is 2.46. The molecule has 1 N–H and O–H groups in total. The summed E-state index contributed by atoms with van der Waals surface area (Å²) in [6.07, 6.45) is 1.82. The van der Waals surface area contributed by atoms with Gasteiger partial charge in [0.25, 0.3) is 0 Å². The Hall–Kier alpha value is -0.340. The van der Waals surface area contributed by atoms with Gasteiger partial charge in [-0.2, -0.15) is 0 Å². The molecule has 12 heavy (non-hydrogen) atoms. The molecule has 0 bridgehead atoms. The summed E-state index contributed by atoms with van der Waals surface area (Å²) in [4.78, 5) is 0. The molecule has 0 spiro atoms. The van der Waals surface area contributed by atoms with E-state index in [-0.39, 0.29) is 0 Å². The lowest BCUT2D eigenvalue weighted by atomic mass is 10.0. The van der Waals surface area contributed by atoms with Gasteiger partial charge >= 0.3 is 0 Å². The molecular formula is C10H11BrO. The molecule has 0 saturated heterocycles. The van der Waals surface area contributed by atoms with Crippen molar-refractivity contribution in [2.45, 2.75) is 25.4 Å². The van der Waals surface area contributed by atoms with E-state index in [9.17, 15) is 5.11 Å². The minimum atomic E-state index is -0.495. The molecule has 0 aliphatic heterocycles. The quantitative estimate of drug-likeness (QED) is 0.782. The zero-order valence-electron chi connectivity index (χ0n) is 6.97. The molecule has 0 heterocycles. The normalized spacial score (nSPS) is 19.2. The van der Waals surface area contributed by atoms with E-state index in [0.29, 0.717) is 0 Å². The van der Waals surface area contributed by atoms with Crippen LogP contribution in [0.1, 0.15) is 24.0 Å². The maximum absolute atomic E-state index is 9.86. The number of aryl methyl sites for hydroxylation is 1. The van der Waals surface area contributed by atoms with E-state index in [4.69, 9.17) is 0 Å². The molecule has 0 amide bonds. The summed E-state index contributed by atoms with van der Waals surface area (Å²) in [6, 6.07) is 6.04. The van der Waals surface area contributed by atoms with Crippen LogP contribution < -0.4 is 0 Å². The van der Waals surface area contributed by atoms with Crippen LogP contribution in [0.2, 0.25) is 0 Å². The summed E-state index contributed by atoms with van der Waals surface area (Å²) in [5.41, 5.74) is 1.76. The topological polar surface area (TPSA) is 20.2 Å². The van der Waals surface area contributed by atoms with Gasteiger partial charge in [-0.1, -0.05) is 22.0 Å². The molecule has 2 rings (SSSR count). The minimum absolute atomic E-state index is 0.495. The van der Waals surface area contributed by atoms with Gasteiger partial charge in [0.1, 0.15) is 0 Å². The Morgan fingerprint density at radius 3 is 2.58 bits per heavy atom. The lowest BCUT2D eigenvalue weighted by molar-refractivity contribution is 0.151. The fourth-order valence-electron chi connectivity index (χ4n) is 1.54. The molecule has 64 valence electrons. The van der Waals surface area contributed by atoms with Crippen LogP contribution in [0, 0.1) is 6.92 Å². The third-order valence-electron chi connectivity index (χ3n) is 2.41. The van der Waals surface area contributed by atoms with Crippen molar-refractivity contribution in [3.05, 3.63) is 33.8 Å². The number of aliphatic hydroxyl groups is 1. The Morgan fingerprint density at radius 2 is 2.08 bits per heavy atom. The van der Waals surface area contributed by atoms with Gasteiger partial charge in [-0.3, -0.25) is 0 Å². The van der Waals surface area contributed by atoms with Gasteiger partial charge < -0.3 is 5.11 Å². The smallest absolute Gasteiger partial charge is 0.0901 e. The zero-order chi connectivity index (χ0) is 8.77. The van der Waals surface area contributed by atoms with E-state index in [2.05, 4.69) is 15.9 Å². The summed E-state index contributed by atoms with van der Waals surface area (Å²) in [6.45, 7) is 2.04. The third kappa shape index (κ3) is 1.29. The third-order valence-corrected chi connectivity index (χ3v) is 2.91. The van der Waals surface area contributed by atoms with Gasteiger partial charge in [0, 0.05) is 4.47 Å². The number of benzene rings is 1. The Bertz CT molecular complexity index is 316. The second kappa shape index (κ2) is 2.57. The van der Waals surface area contributed by atoms with Crippen LogP contribution in [0.3, 0.4) is 0 Å². The van der Waals surface area contributed by atoms with Crippen molar-refractivity contribution in [3.63, 3.8) is 0 Å². The van der Waals surface area contributed by atoms with Crippen molar-refractivity contribution < 1.29 is 5.11 Å². The Balaban J connectivity index is 2.45. The highest BCUT2D eigenvalue weighted by atomic mass is 79.9. The molecule has 1 aliphatic carbocycles. The van der Waals surface area contributed by atoms with Crippen molar-refractivity contribution in [1.82, 2.24) is 0 Å². The summed E-state index contributed by atoms with van der Waals surface area (Å²) < 4.78 is 1.08. The minimum Gasteiger partial charge on any atom is -0.385 e. The van der Waals surface area contributed by atoms with Crippen molar-refractivity contribution in [3.8, 4) is 0 Å². The van der Waals surface area contributed by atoms with Crippen molar-refractivity contribution in [2.75, 3.05) is 0 Å². The monoisotopic (exact) mass is 226 g/mol. The van der Waals surface area contributed by atoms with Crippen LogP contribution in [0.4, 0.5) is 0 Å². The summed E-state index contributed by atoms with van der Waals surface area (Å²) >= 11 is 3.40. The summed E-state index contributed by atoms with van der Waals surface area (Å²) in [5, 5.41) is 9.86. The van der Waals surface area contributed by atoms with E-state index in [0.717, 1.165) is 22.9 Å². The number of halogens is 1. The SMILES string of the molecule is Cc1cc(Br)ccc1C1(O)CC1. The molecule has 1 fully saturated rings. The van der Waals surface area contributed by atoms with E-state index in [1.165, 1.54) is 5.56 Å². The first-order valence-corrected chi connectivity index (χ1v) is 4.90. The van der Waals surface area contributed by atoms with Gasteiger partial charge in [0.15, 0.2) is 0 Å². The lowest BCUT2D eigenvalue weighted by Gasteiger charge is -2.11. The predicted molar refractivity (Wildman–Crippen MR) is 52.0 cm³/mol. The average Bonchev–Trinajstić information content (AvgIpc) is 2.68. The molecule has 1 aromatic carbocycles. The Morgan fingerprint density at radius 1 is 1.42 bits per heavy atom. The van der Waals surface area contributed by atoms with Crippen molar-refractivity contribution in [2.24, 2.45) is 0 Å². The molecular weight excluding hydrogens is 216 g/mol. The lowest BCUT2D eigenvalue weighted by Crippen LogP contribution is -2.06. The highest BCUT2D eigenvalue weighted by Gasteiger charge is 2.42. The average molecular weight is 227 g/mol. The maximum Gasteiger partial charge on any atom is 0.0901 e. The van der Waals surface area contributed by atoms with Crippen LogP contribution in [0.25, 0.3) is 0 Å². The second-order valence-electron chi connectivity index (χ2n) is 3.49.